The first kappa shape index (κ1) is 17.1. The number of rotatable bonds is 2. The Kier molecular flexibility index (Phi) is 3.86. The molecule has 0 spiro atoms. The highest BCUT2D eigenvalue weighted by molar-refractivity contribution is 9.10. The van der Waals surface area contributed by atoms with Crippen LogP contribution in [0, 0.1) is 16.2 Å². The van der Waals surface area contributed by atoms with Gasteiger partial charge < -0.3 is 0 Å². The van der Waals surface area contributed by atoms with Crippen molar-refractivity contribution in [1.29, 1.82) is 0 Å². The van der Waals surface area contributed by atoms with E-state index >= 15 is 0 Å². The second kappa shape index (κ2) is 5.41. The Balaban J connectivity index is 1.76. The standard InChI is InChI=1S/C18H21BrN2O3/c1-16(2)17(3)8-9-18(16,10-13(17)22)15(24)21-20-14(23)11-6-4-5-7-12(11)19/h4-7H,8-10H2,1-3H3,(H,20,23)(H,21,24). The number of carbonyl (C=O) groups excluding carboxylic acids is 3. The van der Waals surface area contributed by atoms with E-state index in [2.05, 4.69) is 26.8 Å². The molecule has 0 radical (unpaired) electrons. The van der Waals surface area contributed by atoms with Gasteiger partial charge in [0.15, 0.2) is 0 Å². The summed E-state index contributed by atoms with van der Waals surface area (Å²) in [4.78, 5) is 37.5. The number of halogens is 1. The first-order chi connectivity index (χ1) is 11.2. The molecule has 2 amide bonds. The summed E-state index contributed by atoms with van der Waals surface area (Å²) in [6.45, 7) is 5.93. The van der Waals surface area contributed by atoms with Crippen molar-refractivity contribution in [3.05, 3.63) is 34.3 Å². The van der Waals surface area contributed by atoms with Crippen LogP contribution in [0.3, 0.4) is 0 Å². The number of fused-ring (bicyclic) bond motifs is 2. The number of carbonyl (C=O) groups is 3. The molecule has 2 aliphatic carbocycles. The molecule has 6 heteroatoms. The Labute approximate surface area is 149 Å². The molecular weight excluding hydrogens is 372 g/mol. The quantitative estimate of drug-likeness (QED) is 0.759. The minimum absolute atomic E-state index is 0.144. The van der Waals surface area contributed by atoms with Crippen LogP contribution >= 0.6 is 15.9 Å². The summed E-state index contributed by atoms with van der Waals surface area (Å²) in [6, 6.07) is 6.99. The molecule has 2 bridgehead atoms. The third-order valence-electron chi connectivity index (χ3n) is 6.55. The first-order valence-electron chi connectivity index (χ1n) is 8.04. The lowest BCUT2D eigenvalue weighted by molar-refractivity contribution is -0.137. The Hall–Kier alpha value is -1.69. The van der Waals surface area contributed by atoms with E-state index in [1.807, 2.05) is 26.8 Å². The molecule has 2 fully saturated rings. The van der Waals surface area contributed by atoms with Crippen LogP contribution in [0.2, 0.25) is 0 Å². The van der Waals surface area contributed by atoms with Crippen molar-refractivity contribution in [2.24, 2.45) is 16.2 Å². The van der Waals surface area contributed by atoms with Crippen LogP contribution in [0.4, 0.5) is 0 Å². The normalized spacial score (nSPS) is 30.2. The Morgan fingerprint density at radius 2 is 1.75 bits per heavy atom. The Bertz CT molecular complexity index is 746. The molecule has 24 heavy (non-hydrogen) atoms. The lowest BCUT2D eigenvalue weighted by Gasteiger charge is -2.38. The van der Waals surface area contributed by atoms with Gasteiger partial charge in [-0.2, -0.15) is 0 Å². The summed E-state index contributed by atoms with van der Waals surface area (Å²) in [7, 11) is 0. The number of hydrazine groups is 1. The van der Waals surface area contributed by atoms with Crippen LogP contribution in [-0.2, 0) is 9.59 Å². The number of hydrogen-bond acceptors (Lipinski definition) is 3. The third-order valence-corrected chi connectivity index (χ3v) is 7.24. The van der Waals surface area contributed by atoms with E-state index in [0.717, 1.165) is 0 Å². The smallest absolute Gasteiger partial charge is 0.270 e. The van der Waals surface area contributed by atoms with Crippen molar-refractivity contribution < 1.29 is 14.4 Å². The fourth-order valence-corrected chi connectivity index (χ4v) is 4.77. The van der Waals surface area contributed by atoms with Crippen molar-refractivity contribution in [2.45, 2.75) is 40.0 Å². The molecule has 1 aromatic carbocycles. The predicted octanol–water partition coefficient (Wildman–Crippen LogP) is 3.00. The van der Waals surface area contributed by atoms with Gasteiger partial charge in [0.05, 0.1) is 11.0 Å². The topological polar surface area (TPSA) is 75.3 Å². The zero-order valence-electron chi connectivity index (χ0n) is 14.0. The van der Waals surface area contributed by atoms with Crippen molar-refractivity contribution in [1.82, 2.24) is 10.9 Å². The third kappa shape index (κ3) is 2.08. The highest BCUT2D eigenvalue weighted by atomic mass is 79.9. The molecule has 0 aromatic heterocycles. The predicted molar refractivity (Wildman–Crippen MR) is 92.9 cm³/mol. The van der Waals surface area contributed by atoms with Crippen molar-refractivity contribution in [3.8, 4) is 0 Å². The molecule has 0 heterocycles. The van der Waals surface area contributed by atoms with Crippen LogP contribution in [0.25, 0.3) is 0 Å². The van der Waals surface area contributed by atoms with Crippen LogP contribution in [0.5, 0.6) is 0 Å². The largest absolute Gasteiger partial charge is 0.299 e. The van der Waals surface area contributed by atoms with E-state index in [0.29, 0.717) is 22.9 Å². The Morgan fingerprint density at radius 1 is 1.08 bits per heavy atom. The molecule has 2 saturated carbocycles. The summed E-state index contributed by atoms with van der Waals surface area (Å²) in [5.41, 5.74) is 3.83. The van der Waals surface area contributed by atoms with Crippen LogP contribution in [0.1, 0.15) is 50.4 Å². The minimum atomic E-state index is -0.750. The maximum Gasteiger partial charge on any atom is 0.270 e. The van der Waals surface area contributed by atoms with Gasteiger partial charge in [0.2, 0.25) is 5.91 Å². The number of amides is 2. The summed E-state index contributed by atoms with van der Waals surface area (Å²) >= 11 is 3.32. The average Bonchev–Trinajstić information content (AvgIpc) is 2.83. The zero-order chi connectivity index (χ0) is 17.8. The molecule has 2 unspecified atom stereocenters. The van der Waals surface area contributed by atoms with Crippen molar-refractivity contribution in [3.63, 3.8) is 0 Å². The summed E-state index contributed by atoms with van der Waals surface area (Å²) in [5, 5.41) is 0. The number of benzene rings is 1. The SMILES string of the molecule is CC12CCC(C(=O)NNC(=O)c3ccccc3Br)(CC1=O)C2(C)C. The van der Waals surface area contributed by atoms with Crippen molar-refractivity contribution >= 4 is 33.5 Å². The van der Waals surface area contributed by atoms with Gasteiger partial charge in [-0.1, -0.05) is 32.9 Å². The lowest BCUT2D eigenvalue weighted by Crippen LogP contribution is -2.52. The van der Waals surface area contributed by atoms with Gasteiger partial charge in [-0.25, -0.2) is 0 Å². The highest BCUT2D eigenvalue weighted by Crippen LogP contribution is 2.70. The maximum atomic E-state index is 12.9. The fraction of sp³-hybridized carbons (Fsp3) is 0.500. The van der Waals surface area contributed by atoms with Gasteiger partial charge in [-0.3, -0.25) is 25.2 Å². The van der Waals surface area contributed by atoms with E-state index < -0.39 is 22.2 Å². The van der Waals surface area contributed by atoms with E-state index in [1.165, 1.54) is 0 Å². The van der Waals surface area contributed by atoms with E-state index in [1.54, 1.807) is 18.2 Å². The minimum Gasteiger partial charge on any atom is -0.299 e. The molecule has 2 atom stereocenters. The molecule has 2 N–H and O–H groups in total. The summed E-state index contributed by atoms with van der Waals surface area (Å²) in [5.74, 6) is -0.524. The maximum absolute atomic E-state index is 12.9. The molecular formula is C18H21BrN2O3. The second-order valence-corrected chi connectivity index (χ2v) is 8.38. The summed E-state index contributed by atoms with van der Waals surface area (Å²) < 4.78 is 0.653. The van der Waals surface area contributed by atoms with Gasteiger partial charge in [-0.15, -0.1) is 0 Å². The van der Waals surface area contributed by atoms with Crippen LogP contribution in [-0.4, -0.2) is 17.6 Å². The molecule has 128 valence electrons. The number of hydrogen-bond donors (Lipinski definition) is 2. The zero-order valence-corrected chi connectivity index (χ0v) is 15.6. The van der Waals surface area contributed by atoms with Crippen LogP contribution in [0.15, 0.2) is 28.7 Å². The number of Topliss-reactive ketones (excluding diaryl/α,β-unsaturated/α-hetero) is 1. The fourth-order valence-electron chi connectivity index (χ4n) is 4.31. The van der Waals surface area contributed by atoms with Gasteiger partial charge in [-0.05, 0) is 46.3 Å². The van der Waals surface area contributed by atoms with Gasteiger partial charge >= 0.3 is 0 Å². The van der Waals surface area contributed by atoms with E-state index in [4.69, 9.17) is 0 Å². The van der Waals surface area contributed by atoms with Gasteiger partial charge in [0.1, 0.15) is 5.78 Å². The molecule has 3 rings (SSSR count). The number of nitrogens with one attached hydrogen (secondary N) is 2. The van der Waals surface area contributed by atoms with Gasteiger partial charge in [0, 0.05) is 16.3 Å². The monoisotopic (exact) mass is 392 g/mol. The molecule has 1 aromatic rings. The lowest BCUT2D eigenvalue weighted by atomic mass is 9.64. The molecule has 0 aliphatic heterocycles. The van der Waals surface area contributed by atoms with Gasteiger partial charge in [0.25, 0.3) is 5.91 Å². The average molecular weight is 393 g/mol. The second-order valence-electron chi connectivity index (χ2n) is 7.53. The summed E-state index contributed by atoms with van der Waals surface area (Å²) in [6.07, 6.45) is 1.62. The van der Waals surface area contributed by atoms with E-state index in [-0.39, 0.29) is 18.1 Å². The Morgan fingerprint density at radius 3 is 2.29 bits per heavy atom. The first-order valence-corrected chi connectivity index (χ1v) is 8.84. The highest BCUT2D eigenvalue weighted by Gasteiger charge is 2.72. The molecule has 2 aliphatic rings. The molecule has 5 nitrogen and oxygen atoms in total. The van der Waals surface area contributed by atoms with Crippen LogP contribution < -0.4 is 10.9 Å². The van der Waals surface area contributed by atoms with Crippen molar-refractivity contribution in [2.75, 3.05) is 0 Å². The number of ketones is 1. The van der Waals surface area contributed by atoms with E-state index in [9.17, 15) is 14.4 Å². The molecule has 0 saturated heterocycles.